The molecule has 5 saturated heterocycles. The first-order valence-corrected chi connectivity index (χ1v) is 13.2. The first kappa shape index (κ1) is 30.1. The van der Waals surface area contributed by atoms with E-state index in [4.69, 9.17) is 47.4 Å². The number of hydrogen-bond acceptors (Lipinski definition) is 10. The number of rotatable bonds is 22. The van der Waals surface area contributed by atoms with Crippen molar-refractivity contribution >= 4 is 0 Å². The van der Waals surface area contributed by atoms with Gasteiger partial charge in [0.15, 0.2) is 0 Å². The molecule has 5 aliphatic rings. The molecule has 0 spiro atoms. The Morgan fingerprint density at radius 2 is 0.806 bits per heavy atom. The Balaban J connectivity index is 0.000000210. The third-order valence-electron chi connectivity index (χ3n) is 6.33. The molecule has 0 aromatic carbocycles. The fourth-order valence-corrected chi connectivity index (χ4v) is 3.31. The zero-order valence-corrected chi connectivity index (χ0v) is 21.2. The lowest BCUT2D eigenvalue weighted by molar-refractivity contribution is -0.0762. The molecule has 5 heterocycles. The van der Waals surface area contributed by atoms with E-state index in [9.17, 15) is 0 Å². The topological polar surface area (TPSA) is 109 Å². The minimum Gasteiger partial charge on any atom is -0.379 e. The lowest BCUT2D eigenvalue weighted by Gasteiger charge is -2.32. The predicted octanol–water partition coefficient (Wildman–Crippen LogP) is 1.86. The van der Waals surface area contributed by atoms with Crippen molar-refractivity contribution in [3.8, 4) is 0 Å². The van der Waals surface area contributed by atoms with E-state index < -0.39 is 0 Å². The first-order chi connectivity index (χ1) is 17.2. The maximum absolute atomic E-state index is 5.81. The van der Waals surface area contributed by atoms with Crippen molar-refractivity contribution in [2.75, 3.05) is 99.1 Å². The molecule has 5 unspecified atom stereocenters. The maximum Gasteiger partial charge on any atom is 0.104 e. The van der Waals surface area contributed by atoms with Crippen molar-refractivity contribution in [3.05, 3.63) is 0 Å². The van der Waals surface area contributed by atoms with E-state index >= 15 is 0 Å². The third kappa shape index (κ3) is 14.5. The largest absolute Gasteiger partial charge is 0.379 e. The molecular weight excluding hydrogens is 472 g/mol. The van der Waals surface area contributed by atoms with Gasteiger partial charge in [-0.2, -0.15) is 0 Å². The van der Waals surface area contributed by atoms with Crippen LogP contribution in [0.1, 0.15) is 33.6 Å². The fourth-order valence-electron chi connectivity index (χ4n) is 3.31. The highest BCUT2D eigenvalue weighted by Crippen LogP contribution is 2.26. The van der Waals surface area contributed by atoms with Gasteiger partial charge in [-0.05, 0) is 19.3 Å². The van der Waals surface area contributed by atoms with Gasteiger partial charge in [0.1, 0.15) is 30.5 Å². The summed E-state index contributed by atoms with van der Waals surface area (Å²) in [5.41, 5.74) is -0.0985. The molecular formula is C26H48O10. The Bertz CT molecular complexity index is 495. The van der Waals surface area contributed by atoms with Crippen molar-refractivity contribution in [2.45, 2.75) is 64.1 Å². The van der Waals surface area contributed by atoms with Crippen LogP contribution in [0.5, 0.6) is 0 Å². The van der Waals surface area contributed by atoms with Gasteiger partial charge in [-0.1, -0.05) is 14.4 Å². The highest BCUT2D eigenvalue weighted by Gasteiger charge is 2.34. The van der Waals surface area contributed by atoms with Crippen LogP contribution in [-0.4, -0.2) is 130 Å². The zero-order valence-electron chi connectivity index (χ0n) is 21.2. The van der Waals surface area contributed by atoms with Crippen molar-refractivity contribution in [2.24, 2.45) is 5.41 Å². The molecule has 0 aromatic rings. The van der Waals surface area contributed by atoms with E-state index in [1.54, 1.807) is 0 Å². The van der Waals surface area contributed by atoms with E-state index in [-0.39, 0.29) is 12.8 Å². The molecule has 0 aliphatic carbocycles. The van der Waals surface area contributed by atoms with Crippen molar-refractivity contribution in [1.82, 2.24) is 0 Å². The van der Waals surface area contributed by atoms with Gasteiger partial charge < -0.3 is 47.4 Å². The van der Waals surface area contributed by atoms with Crippen molar-refractivity contribution in [3.63, 3.8) is 0 Å². The second kappa shape index (κ2) is 16.5. The van der Waals surface area contributed by atoms with Crippen molar-refractivity contribution in [1.29, 1.82) is 0 Å². The normalized spacial score (nSPS) is 30.4. The van der Waals surface area contributed by atoms with E-state index in [0.717, 1.165) is 78.7 Å². The van der Waals surface area contributed by atoms with Crippen molar-refractivity contribution < 1.29 is 47.4 Å². The number of epoxide rings is 5. The standard InChI is InChI=1S/C15H26O6.C10H18O4.CH4/c1-2-15(9-16-3-12-6-19-12,10-17-4-13-7-20-13)11-18-5-14-8-21-14;1(3-11-5-9-7-13-9)2-4-12-6-10-8-14-10;/h12-14H,2-11H2,1H3;9-10H,1-8H2;1H4. The minimum atomic E-state index is -0.0985. The van der Waals surface area contributed by atoms with Gasteiger partial charge in [-0.3, -0.25) is 0 Å². The molecule has 10 nitrogen and oxygen atoms in total. The Morgan fingerprint density at radius 1 is 0.528 bits per heavy atom. The molecule has 0 radical (unpaired) electrons. The lowest BCUT2D eigenvalue weighted by Crippen LogP contribution is -2.38. The molecule has 5 atom stereocenters. The molecule has 10 heteroatoms. The molecule has 0 N–H and O–H groups in total. The second-order valence-electron chi connectivity index (χ2n) is 10.0. The van der Waals surface area contributed by atoms with Gasteiger partial charge in [-0.15, -0.1) is 0 Å². The summed E-state index contributed by atoms with van der Waals surface area (Å²) in [5, 5.41) is 0. The summed E-state index contributed by atoms with van der Waals surface area (Å²) in [6.45, 7) is 13.5. The monoisotopic (exact) mass is 520 g/mol. The van der Waals surface area contributed by atoms with Crippen LogP contribution in [-0.2, 0) is 47.4 Å². The van der Waals surface area contributed by atoms with Crippen LogP contribution in [0.3, 0.4) is 0 Å². The summed E-state index contributed by atoms with van der Waals surface area (Å²) < 4.78 is 53.8. The smallest absolute Gasteiger partial charge is 0.104 e. The van der Waals surface area contributed by atoms with Crippen LogP contribution in [0.4, 0.5) is 0 Å². The predicted molar refractivity (Wildman–Crippen MR) is 131 cm³/mol. The molecule has 0 saturated carbocycles. The molecule has 0 bridgehead atoms. The number of unbranched alkanes of at least 4 members (excludes halogenated alkanes) is 1. The number of ether oxygens (including phenoxy) is 10. The molecule has 36 heavy (non-hydrogen) atoms. The molecule has 0 aromatic heterocycles. The fraction of sp³-hybridized carbons (Fsp3) is 1.00. The first-order valence-electron chi connectivity index (χ1n) is 13.2. The van der Waals surface area contributed by atoms with Crippen LogP contribution in [0, 0.1) is 5.41 Å². The van der Waals surface area contributed by atoms with Gasteiger partial charge >= 0.3 is 0 Å². The van der Waals surface area contributed by atoms with Gasteiger partial charge in [-0.25, -0.2) is 0 Å². The van der Waals surface area contributed by atoms with E-state index in [1.807, 2.05) is 0 Å². The lowest BCUT2D eigenvalue weighted by atomic mass is 9.88. The summed E-state index contributed by atoms with van der Waals surface area (Å²) in [6.07, 6.45) is 4.74. The van der Waals surface area contributed by atoms with E-state index in [1.165, 1.54) is 0 Å². The molecule has 0 amide bonds. The zero-order chi connectivity index (χ0) is 24.2. The Kier molecular flexibility index (Phi) is 13.8. The Hall–Kier alpha value is -0.400. The SMILES string of the molecule is C.C(CCOCC1CO1)COCC1CO1.CCC(COCC1CO1)(COCC1CO1)COCC1CO1. The van der Waals surface area contributed by atoms with Crippen LogP contribution >= 0.6 is 0 Å². The Labute approximate surface area is 216 Å². The summed E-state index contributed by atoms with van der Waals surface area (Å²) in [4.78, 5) is 0. The number of hydrogen-bond donors (Lipinski definition) is 0. The highest BCUT2D eigenvalue weighted by molar-refractivity contribution is 4.80. The van der Waals surface area contributed by atoms with Crippen LogP contribution in [0.2, 0.25) is 0 Å². The maximum atomic E-state index is 5.81. The van der Waals surface area contributed by atoms with Crippen LogP contribution < -0.4 is 0 Å². The average molecular weight is 521 g/mol. The van der Waals surface area contributed by atoms with E-state index in [0.29, 0.717) is 70.2 Å². The molecule has 5 rings (SSSR count). The van der Waals surface area contributed by atoms with Gasteiger partial charge in [0.25, 0.3) is 0 Å². The third-order valence-corrected chi connectivity index (χ3v) is 6.33. The summed E-state index contributed by atoms with van der Waals surface area (Å²) in [5.74, 6) is 0. The average Bonchev–Trinajstić information content (AvgIpc) is 3.67. The van der Waals surface area contributed by atoms with Gasteiger partial charge in [0.2, 0.25) is 0 Å². The molecule has 5 aliphatic heterocycles. The highest BCUT2D eigenvalue weighted by atomic mass is 16.6. The van der Waals surface area contributed by atoms with Gasteiger partial charge in [0, 0.05) is 18.6 Å². The quantitative estimate of drug-likeness (QED) is 0.155. The summed E-state index contributed by atoms with van der Waals surface area (Å²) in [6, 6.07) is 0. The summed E-state index contributed by atoms with van der Waals surface area (Å²) in [7, 11) is 0. The van der Waals surface area contributed by atoms with E-state index in [2.05, 4.69) is 6.92 Å². The Morgan fingerprint density at radius 3 is 1.06 bits per heavy atom. The van der Waals surface area contributed by atoms with Crippen LogP contribution in [0.15, 0.2) is 0 Å². The molecule has 212 valence electrons. The molecule has 5 fully saturated rings. The second-order valence-corrected chi connectivity index (χ2v) is 10.0. The summed E-state index contributed by atoms with van der Waals surface area (Å²) >= 11 is 0. The minimum absolute atomic E-state index is 0. The van der Waals surface area contributed by atoms with Gasteiger partial charge in [0.05, 0.1) is 85.9 Å². The van der Waals surface area contributed by atoms with Crippen LogP contribution in [0.25, 0.3) is 0 Å².